The number of benzene rings is 1. The molecule has 0 saturated carbocycles. The van der Waals surface area contributed by atoms with Crippen molar-refractivity contribution >= 4 is 27.5 Å². The number of pyridine rings is 1. The van der Waals surface area contributed by atoms with E-state index in [0.717, 1.165) is 5.69 Å². The molecule has 1 aromatic carbocycles. The normalized spacial score (nSPS) is 10.3. The summed E-state index contributed by atoms with van der Waals surface area (Å²) in [5, 5.41) is 0. The summed E-state index contributed by atoms with van der Waals surface area (Å²) in [5.74, 6) is -0.810. The van der Waals surface area contributed by atoms with Gasteiger partial charge in [0.15, 0.2) is 0 Å². The monoisotopic (exact) mass is 337 g/mol. The summed E-state index contributed by atoms with van der Waals surface area (Å²) >= 11 is 3.18. The minimum absolute atomic E-state index is 0.0530. The molecule has 4 nitrogen and oxygen atoms in total. The van der Waals surface area contributed by atoms with Gasteiger partial charge < -0.3 is 10.6 Å². The first kappa shape index (κ1) is 14.5. The number of nitrogens with zero attached hydrogens (tertiary/aromatic N) is 2. The first-order valence-corrected chi connectivity index (χ1v) is 6.68. The van der Waals surface area contributed by atoms with Crippen LogP contribution in [0.25, 0.3) is 0 Å². The third-order valence-electron chi connectivity index (χ3n) is 2.79. The van der Waals surface area contributed by atoms with Crippen LogP contribution in [0.3, 0.4) is 0 Å². The lowest BCUT2D eigenvalue weighted by atomic mass is 10.1. The Morgan fingerprint density at radius 2 is 2.20 bits per heavy atom. The molecule has 0 saturated heterocycles. The lowest BCUT2D eigenvalue weighted by Crippen LogP contribution is -2.27. The van der Waals surface area contributed by atoms with Crippen molar-refractivity contribution in [2.24, 2.45) is 0 Å². The Bertz CT molecular complexity index is 634. The molecule has 2 N–H and O–H groups in total. The molecule has 2 aromatic rings. The number of hydrogen-bond acceptors (Lipinski definition) is 3. The molecule has 0 fully saturated rings. The van der Waals surface area contributed by atoms with Crippen LogP contribution in [0.2, 0.25) is 0 Å². The molecule has 0 bridgehead atoms. The maximum atomic E-state index is 13.3. The van der Waals surface area contributed by atoms with Crippen molar-refractivity contribution in [2.75, 3.05) is 12.8 Å². The van der Waals surface area contributed by atoms with E-state index in [1.165, 1.54) is 17.0 Å². The molecule has 1 amide bonds. The first-order valence-electron chi connectivity index (χ1n) is 5.89. The van der Waals surface area contributed by atoms with Crippen molar-refractivity contribution in [3.8, 4) is 0 Å². The zero-order valence-corrected chi connectivity index (χ0v) is 12.4. The van der Waals surface area contributed by atoms with Gasteiger partial charge in [-0.1, -0.05) is 6.07 Å². The third kappa shape index (κ3) is 3.14. The molecule has 0 atom stereocenters. The van der Waals surface area contributed by atoms with Crippen LogP contribution in [0.15, 0.2) is 41.0 Å². The Kier molecular flexibility index (Phi) is 4.34. The number of halogens is 2. The molecular weight excluding hydrogens is 325 g/mol. The van der Waals surface area contributed by atoms with E-state index in [4.69, 9.17) is 5.73 Å². The van der Waals surface area contributed by atoms with E-state index in [1.807, 2.05) is 18.2 Å². The third-order valence-corrected chi connectivity index (χ3v) is 3.44. The number of carbonyl (C=O) groups is 1. The molecule has 1 heterocycles. The number of carbonyl (C=O) groups excluding carboxylic acids is 1. The summed E-state index contributed by atoms with van der Waals surface area (Å²) < 4.78 is 13.7. The van der Waals surface area contributed by atoms with E-state index in [2.05, 4.69) is 20.9 Å². The van der Waals surface area contributed by atoms with Gasteiger partial charge in [-0.3, -0.25) is 9.78 Å². The number of rotatable bonds is 3. The fourth-order valence-corrected chi connectivity index (χ4v) is 2.23. The van der Waals surface area contributed by atoms with Crippen molar-refractivity contribution in [3.05, 3.63) is 58.1 Å². The first-order chi connectivity index (χ1) is 9.49. The zero-order valence-electron chi connectivity index (χ0n) is 10.8. The van der Waals surface area contributed by atoms with Crippen LogP contribution in [-0.4, -0.2) is 22.8 Å². The van der Waals surface area contributed by atoms with Gasteiger partial charge in [0.05, 0.1) is 23.5 Å². The summed E-state index contributed by atoms with van der Waals surface area (Å²) in [5.41, 5.74) is 6.54. The molecule has 0 aliphatic rings. The Labute approximate surface area is 124 Å². The summed E-state index contributed by atoms with van der Waals surface area (Å²) in [7, 11) is 1.66. The second kappa shape index (κ2) is 6.00. The smallest absolute Gasteiger partial charge is 0.255 e. The van der Waals surface area contributed by atoms with E-state index in [1.54, 1.807) is 13.2 Å². The predicted octanol–water partition coefficient (Wildman–Crippen LogP) is 2.84. The summed E-state index contributed by atoms with van der Waals surface area (Å²) in [6, 6.07) is 8.01. The summed E-state index contributed by atoms with van der Waals surface area (Å²) in [6.07, 6.45) is 1.67. The van der Waals surface area contributed by atoms with Crippen molar-refractivity contribution < 1.29 is 9.18 Å². The Hall–Kier alpha value is -1.95. The molecule has 0 aliphatic heterocycles. The van der Waals surface area contributed by atoms with E-state index in [9.17, 15) is 9.18 Å². The summed E-state index contributed by atoms with van der Waals surface area (Å²) in [4.78, 5) is 18.0. The standard InChI is InChI=1S/C14H13BrFN3O/c1-19(8-9-4-2-3-5-18-9)14(20)10-6-13(17)12(16)7-11(10)15/h2-7H,8,17H2,1H3. The van der Waals surface area contributed by atoms with Crippen LogP contribution < -0.4 is 5.73 Å². The molecule has 104 valence electrons. The number of amides is 1. The highest BCUT2D eigenvalue weighted by atomic mass is 79.9. The van der Waals surface area contributed by atoms with Crippen LogP contribution >= 0.6 is 15.9 Å². The number of aromatic nitrogens is 1. The Morgan fingerprint density at radius 1 is 1.45 bits per heavy atom. The van der Waals surface area contributed by atoms with Gasteiger partial charge in [0.2, 0.25) is 0 Å². The fourth-order valence-electron chi connectivity index (χ4n) is 1.74. The SMILES string of the molecule is CN(Cc1ccccn1)C(=O)c1cc(N)c(F)cc1Br. The predicted molar refractivity (Wildman–Crippen MR) is 78.5 cm³/mol. The average Bonchev–Trinajstić information content (AvgIpc) is 2.43. The van der Waals surface area contributed by atoms with Crippen LogP contribution in [-0.2, 0) is 6.54 Å². The average molecular weight is 338 g/mol. The van der Waals surface area contributed by atoms with Gasteiger partial charge in [-0.05, 0) is 40.2 Å². The maximum Gasteiger partial charge on any atom is 0.255 e. The van der Waals surface area contributed by atoms with Gasteiger partial charge >= 0.3 is 0 Å². The van der Waals surface area contributed by atoms with Crippen molar-refractivity contribution in [1.82, 2.24) is 9.88 Å². The molecule has 2 rings (SSSR count). The minimum Gasteiger partial charge on any atom is -0.396 e. The van der Waals surface area contributed by atoms with Crippen molar-refractivity contribution in [2.45, 2.75) is 6.54 Å². The lowest BCUT2D eigenvalue weighted by Gasteiger charge is -2.18. The van der Waals surface area contributed by atoms with Crippen LogP contribution in [0.4, 0.5) is 10.1 Å². The maximum absolute atomic E-state index is 13.3. The molecule has 0 spiro atoms. The van der Waals surface area contributed by atoms with Crippen molar-refractivity contribution in [3.63, 3.8) is 0 Å². The summed E-state index contributed by atoms with van der Waals surface area (Å²) in [6.45, 7) is 0.364. The number of anilines is 1. The second-order valence-corrected chi connectivity index (χ2v) is 5.19. The van der Waals surface area contributed by atoms with Crippen LogP contribution in [0.1, 0.15) is 16.1 Å². The zero-order chi connectivity index (χ0) is 14.7. The van der Waals surface area contributed by atoms with Gasteiger partial charge in [0.25, 0.3) is 5.91 Å². The minimum atomic E-state index is -0.555. The molecule has 6 heteroatoms. The molecular formula is C14H13BrFN3O. The topological polar surface area (TPSA) is 59.2 Å². The molecule has 0 radical (unpaired) electrons. The highest BCUT2D eigenvalue weighted by Crippen LogP contribution is 2.24. The highest BCUT2D eigenvalue weighted by Gasteiger charge is 2.17. The van der Waals surface area contributed by atoms with Gasteiger partial charge in [-0.15, -0.1) is 0 Å². The number of nitrogen functional groups attached to an aromatic ring is 1. The largest absolute Gasteiger partial charge is 0.396 e. The van der Waals surface area contributed by atoms with Gasteiger partial charge in [0, 0.05) is 17.7 Å². The van der Waals surface area contributed by atoms with Gasteiger partial charge in [-0.25, -0.2) is 4.39 Å². The second-order valence-electron chi connectivity index (χ2n) is 4.34. The van der Waals surface area contributed by atoms with E-state index in [0.29, 0.717) is 16.6 Å². The molecule has 0 aliphatic carbocycles. The van der Waals surface area contributed by atoms with E-state index < -0.39 is 5.82 Å². The van der Waals surface area contributed by atoms with Crippen molar-refractivity contribution in [1.29, 1.82) is 0 Å². The number of hydrogen-bond donors (Lipinski definition) is 1. The van der Waals surface area contributed by atoms with Gasteiger partial charge in [-0.2, -0.15) is 0 Å². The van der Waals surface area contributed by atoms with Crippen LogP contribution in [0, 0.1) is 5.82 Å². The quantitative estimate of drug-likeness (QED) is 0.876. The Balaban J connectivity index is 2.21. The molecule has 1 aromatic heterocycles. The number of nitrogens with two attached hydrogens (primary N) is 1. The fraction of sp³-hybridized carbons (Fsp3) is 0.143. The Morgan fingerprint density at radius 3 is 2.85 bits per heavy atom. The lowest BCUT2D eigenvalue weighted by molar-refractivity contribution is 0.0782. The van der Waals surface area contributed by atoms with Gasteiger partial charge in [0.1, 0.15) is 5.82 Å². The molecule has 20 heavy (non-hydrogen) atoms. The highest BCUT2D eigenvalue weighted by molar-refractivity contribution is 9.10. The van der Waals surface area contributed by atoms with Crippen LogP contribution in [0.5, 0.6) is 0 Å². The molecule has 0 unspecified atom stereocenters. The van der Waals surface area contributed by atoms with E-state index >= 15 is 0 Å². The van der Waals surface area contributed by atoms with E-state index in [-0.39, 0.29) is 11.6 Å².